The van der Waals surface area contributed by atoms with E-state index < -0.39 is 11.7 Å². The smallest absolute Gasteiger partial charge is 0.407 e. The number of amides is 2. The van der Waals surface area contributed by atoms with Gasteiger partial charge in [0.2, 0.25) is 5.91 Å². The van der Waals surface area contributed by atoms with E-state index in [1.807, 2.05) is 32.6 Å². The summed E-state index contributed by atoms with van der Waals surface area (Å²) in [4.78, 5) is 25.3. The Morgan fingerprint density at radius 3 is 2.43 bits per heavy atom. The van der Waals surface area contributed by atoms with E-state index in [-0.39, 0.29) is 11.9 Å². The van der Waals surface area contributed by atoms with E-state index in [1.165, 1.54) is 0 Å². The van der Waals surface area contributed by atoms with E-state index in [1.54, 1.807) is 0 Å². The molecular formula is C15H29N3O3. The summed E-state index contributed by atoms with van der Waals surface area (Å²) in [5.41, 5.74) is -0.483. The number of rotatable bonds is 6. The summed E-state index contributed by atoms with van der Waals surface area (Å²) in [6, 6.07) is 0.101. The van der Waals surface area contributed by atoms with Crippen molar-refractivity contribution in [3.63, 3.8) is 0 Å². The van der Waals surface area contributed by atoms with Gasteiger partial charge in [0.1, 0.15) is 5.60 Å². The van der Waals surface area contributed by atoms with E-state index in [0.717, 1.165) is 25.9 Å². The van der Waals surface area contributed by atoms with Crippen molar-refractivity contribution in [3.8, 4) is 0 Å². The van der Waals surface area contributed by atoms with Crippen molar-refractivity contribution >= 4 is 12.0 Å². The van der Waals surface area contributed by atoms with Gasteiger partial charge < -0.3 is 20.3 Å². The molecule has 6 heteroatoms. The van der Waals surface area contributed by atoms with E-state index >= 15 is 0 Å². The zero-order valence-electron chi connectivity index (χ0n) is 13.7. The second-order valence-corrected chi connectivity index (χ2v) is 6.58. The first-order valence-corrected chi connectivity index (χ1v) is 7.76. The van der Waals surface area contributed by atoms with E-state index in [9.17, 15) is 9.59 Å². The molecule has 1 rings (SSSR count). The van der Waals surface area contributed by atoms with Crippen molar-refractivity contribution in [1.82, 2.24) is 15.5 Å². The summed E-state index contributed by atoms with van der Waals surface area (Å²) in [6.45, 7) is 10.4. The van der Waals surface area contributed by atoms with Crippen molar-refractivity contribution in [2.45, 2.75) is 58.6 Å². The van der Waals surface area contributed by atoms with Crippen LogP contribution in [0.25, 0.3) is 0 Å². The lowest BCUT2D eigenvalue weighted by Gasteiger charge is -2.21. The first-order chi connectivity index (χ1) is 9.78. The highest BCUT2D eigenvalue weighted by Gasteiger charge is 2.18. The van der Waals surface area contributed by atoms with Gasteiger partial charge in [-0.05, 0) is 40.5 Å². The fourth-order valence-corrected chi connectivity index (χ4v) is 2.17. The molecule has 0 saturated carbocycles. The zero-order valence-corrected chi connectivity index (χ0v) is 13.7. The van der Waals surface area contributed by atoms with Crippen LogP contribution in [0.2, 0.25) is 0 Å². The lowest BCUT2D eigenvalue weighted by molar-refractivity contribution is -0.130. The summed E-state index contributed by atoms with van der Waals surface area (Å²) in [7, 11) is 0. The van der Waals surface area contributed by atoms with Crippen LogP contribution in [0.3, 0.4) is 0 Å². The maximum atomic E-state index is 11.8. The Morgan fingerprint density at radius 2 is 1.86 bits per heavy atom. The molecule has 0 aliphatic carbocycles. The van der Waals surface area contributed by atoms with Gasteiger partial charge >= 0.3 is 6.09 Å². The van der Waals surface area contributed by atoms with Crippen LogP contribution >= 0.6 is 0 Å². The van der Waals surface area contributed by atoms with Crippen LogP contribution in [-0.4, -0.2) is 54.7 Å². The lowest BCUT2D eigenvalue weighted by Crippen LogP contribution is -2.42. The minimum atomic E-state index is -0.483. The molecule has 2 amide bonds. The third-order valence-electron chi connectivity index (χ3n) is 3.24. The third-order valence-corrected chi connectivity index (χ3v) is 3.24. The quantitative estimate of drug-likeness (QED) is 0.780. The molecule has 1 atom stereocenters. The molecule has 1 aliphatic heterocycles. The molecule has 1 aliphatic rings. The Bertz CT molecular complexity index is 347. The zero-order chi connectivity index (χ0) is 15.9. The Balaban J connectivity index is 2.09. The second-order valence-electron chi connectivity index (χ2n) is 6.58. The lowest BCUT2D eigenvalue weighted by atomic mass is 10.2. The molecule has 1 heterocycles. The summed E-state index contributed by atoms with van der Waals surface area (Å²) in [6.07, 6.45) is 2.34. The van der Waals surface area contributed by atoms with Gasteiger partial charge in [-0.3, -0.25) is 4.79 Å². The highest BCUT2D eigenvalue weighted by atomic mass is 16.6. The van der Waals surface area contributed by atoms with Crippen LogP contribution in [0.1, 0.15) is 47.0 Å². The predicted molar refractivity (Wildman–Crippen MR) is 82.1 cm³/mol. The summed E-state index contributed by atoms with van der Waals surface area (Å²) < 4.78 is 5.16. The number of hydrogen-bond acceptors (Lipinski definition) is 4. The summed E-state index contributed by atoms with van der Waals surface area (Å²) >= 11 is 0. The Labute approximate surface area is 127 Å². The van der Waals surface area contributed by atoms with Gasteiger partial charge in [-0.15, -0.1) is 0 Å². The second kappa shape index (κ2) is 8.22. The SMILES string of the molecule is CC(CNC(=O)OC(C)(C)C)NCCC(=O)N1CCCC1. The number of alkyl carbamates (subject to hydrolysis) is 1. The fourth-order valence-electron chi connectivity index (χ4n) is 2.17. The van der Waals surface area contributed by atoms with Crippen LogP contribution in [0, 0.1) is 0 Å². The van der Waals surface area contributed by atoms with Crippen molar-refractivity contribution in [3.05, 3.63) is 0 Å². The van der Waals surface area contributed by atoms with Crippen LogP contribution in [0.4, 0.5) is 4.79 Å². The van der Waals surface area contributed by atoms with Gasteiger partial charge in [-0.25, -0.2) is 4.79 Å². The topological polar surface area (TPSA) is 70.7 Å². The molecule has 0 aromatic carbocycles. The average Bonchev–Trinajstić information content (AvgIpc) is 2.88. The van der Waals surface area contributed by atoms with Crippen molar-refractivity contribution < 1.29 is 14.3 Å². The van der Waals surface area contributed by atoms with Crippen molar-refractivity contribution in [2.24, 2.45) is 0 Å². The fraction of sp³-hybridized carbons (Fsp3) is 0.867. The van der Waals surface area contributed by atoms with E-state index in [4.69, 9.17) is 4.74 Å². The van der Waals surface area contributed by atoms with E-state index in [0.29, 0.717) is 19.5 Å². The molecule has 0 spiro atoms. The number of likely N-dealkylation sites (tertiary alicyclic amines) is 1. The summed E-state index contributed by atoms with van der Waals surface area (Å²) in [5.74, 6) is 0.215. The number of carbonyl (C=O) groups is 2. The molecule has 0 aromatic rings. The standard InChI is InChI=1S/C15H29N3O3/c1-12(11-17-14(20)21-15(2,3)4)16-8-7-13(19)18-9-5-6-10-18/h12,16H,5-11H2,1-4H3,(H,17,20). The highest BCUT2D eigenvalue weighted by molar-refractivity contribution is 5.76. The number of nitrogens with one attached hydrogen (secondary N) is 2. The first kappa shape index (κ1) is 17.8. The van der Waals surface area contributed by atoms with Crippen molar-refractivity contribution in [1.29, 1.82) is 0 Å². The molecule has 1 saturated heterocycles. The maximum absolute atomic E-state index is 11.8. The molecule has 0 aromatic heterocycles. The van der Waals surface area contributed by atoms with Gasteiger partial charge in [0.15, 0.2) is 0 Å². The molecule has 1 unspecified atom stereocenters. The van der Waals surface area contributed by atoms with Crippen LogP contribution in [-0.2, 0) is 9.53 Å². The monoisotopic (exact) mass is 299 g/mol. The number of ether oxygens (including phenoxy) is 1. The molecular weight excluding hydrogens is 270 g/mol. The third kappa shape index (κ3) is 7.90. The minimum Gasteiger partial charge on any atom is -0.444 e. The van der Waals surface area contributed by atoms with Gasteiger partial charge in [-0.1, -0.05) is 0 Å². The molecule has 6 nitrogen and oxygen atoms in total. The molecule has 2 N–H and O–H groups in total. The Kier molecular flexibility index (Phi) is 6.95. The number of carbonyl (C=O) groups excluding carboxylic acids is 2. The average molecular weight is 299 g/mol. The van der Waals surface area contributed by atoms with Gasteiger partial charge in [0.05, 0.1) is 0 Å². The first-order valence-electron chi connectivity index (χ1n) is 7.76. The maximum Gasteiger partial charge on any atom is 0.407 e. The molecule has 122 valence electrons. The highest BCUT2D eigenvalue weighted by Crippen LogP contribution is 2.08. The number of hydrogen-bond donors (Lipinski definition) is 2. The van der Waals surface area contributed by atoms with Crippen LogP contribution in [0.15, 0.2) is 0 Å². The molecule has 0 radical (unpaired) electrons. The van der Waals surface area contributed by atoms with Gasteiger partial charge in [-0.2, -0.15) is 0 Å². The van der Waals surface area contributed by atoms with Crippen LogP contribution in [0.5, 0.6) is 0 Å². The van der Waals surface area contributed by atoms with E-state index in [2.05, 4.69) is 10.6 Å². The van der Waals surface area contributed by atoms with Gasteiger partial charge in [0, 0.05) is 38.6 Å². The molecule has 21 heavy (non-hydrogen) atoms. The largest absolute Gasteiger partial charge is 0.444 e. The van der Waals surface area contributed by atoms with Gasteiger partial charge in [0.25, 0.3) is 0 Å². The summed E-state index contributed by atoms with van der Waals surface area (Å²) in [5, 5.41) is 5.95. The minimum absolute atomic E-state index is 0.101. The Hall–Kier alpha value is -1.30. The van der Waals surface area contributed by atoms with Crippen LogP contribution < -0.4 is 10.6 Å². The predicted octanol–water partition coefficient (Wildman–Crippen LogP) is 1.50. The van der Waals surface area contributed by atoms with Crippen molar-refractivity contribution in [2.75, 3.05) is 26.2 Å². The molecule has 1 fully saturated rings. The number of nitrogens with zero attached hydrogens (tertiary/aromatic N) is 1. The molecule has 0 bridgehead atoms. The normalized spacial score (nSPS) is 16.7. The Morgan fingerprint density at radius 1 is 1.24 bits per heavy atom.